The van der Waals surface area contributed by atoms with Crippen molar-refractivity contribution in [3.05, 3.63) is 58.9 Å². The lowest BCUT2D eigenvalue weighted by Gasteiger charge is -2.30. The van der Waals surface area contributed by atoms with E-state index in [2.05, 4.69) is 42.6 Å². The zero-order chi connectivity index (χ0) is 22.5. The third-order valence-corrected chi connectivity index (χ3v) is 6.29. The zero-order valence-corrected chi connectivity index (χ0v) is 19.0. The van der Waals surface area contributed by atoms with E-state index in [1.165, 1.54) is 18.2 Å². The van der Waals surface area contributed by atoms with Gasteiger partial charge in [-0.3, -0.25) is 14.4 Å². The third-order valence-electron chi connectivity index (χ3n) is 4.58. The van der Waals surface area contributed by atoms with E-state index in [9.17, 15) is 17.6 Å². The summed E-state index contributed by atoms with van der Waals surface area (Å²) >= 11 is 6.11. The molecule has 0 saturated heterocycles. The number of anilines is 1. The molecule has 9 heteroatoms. The van der Waals surface area contributed by atoms with Crippen molar-refractivity contribution in [1.82, 2.24) is 10.2 Å². The van der Waals surface area contributed by atoms with Crippen LogP contribution in [0.4, 0.5) is 10.1 Å². The largest absolute Gasteiger partial charge is 0.351 e. The number of benzene rings is 2. The molecule has 0 bridgehead atoms. The lowest BCUT2D eigenvalue weighted by molar-refractivity contribution is 0.0939. The van der Waals surface area contributed by atoms with E-state index >= 15 is 0 Å². The molecule has 0 heterocycles. The number of amides is 1. The summed E-state index contributed by atoms with van der Waals surface area (Å²) in [5.41, 5.74) is 0.344. The van der Waals surface area contributed by atoms with Gasteiger partial charge in [-0.05, 0) is 70.2 Å². The van der Waals surface area contributed by atoms with E-state index < -0.39 is 15.8 Å². The van der Waals surface area contributed by atoms with Crippen molar-refractivity contribution in [1.29, 1.82) is 0 Å². The van der Waals surface area contributed by atoms with Gasteiger partial charge in [-0.25, -0.2) is 12.8 Å². The SMILES string of the molecule is CC(C)N(CCNC(=O)c1ccc(Cl)c(NS(=O)(=O)c2ccc(F)cc2)c1)C(C)C. The maximum Gasteiger partial charge on any atom is 0.261 e. The molecule has 6 nitrogen and oxygen atoms in total. The minimum Gasteiger partial charge on any atom is -0.351 e. The summed E-state index contributed by atoms with van der Waals surface area (Å²) in [5.74, 6) is -0.875. The number of hydrogen-bond donors (Lipinski definition) is 2. The fourth-order valence-corrected chi connectivity index (χ4v) is 4.37. The van der Waals surface area contributed by atoms with E-state index in [1.807, 2.05) is 0 Å². The van der Waals surface area contributed by atoms with Gasteiger partial charge in [0.15, 0.2) is 0 Å². The average Bonchev–Trinajstić information content (AvgIpc) is 2.66. The van der Waals surface area contributed by atoms with Gasteiger partial charge < -0.3 is 5.32 Å². The molecule has 2 rings (SSSR count). The molecular weight excluding hydrogens is 429 g/mol. The Morgan fingerprint density at radius 3 is 2.23 bits per heavy atom. The van der Waals surface area contributed by atoms with Gasteiger partial charge in [0.05, 0.1) is 15.6 Å². The smallest absolute Gasteiger partial charge is 0.261 e. The summed E-state index contributed by atoms with van der Waals surface area (Å²) in [6, 6.07) is 9.46. The van der Waals surface area contributed by atoms with Crippen LogP contribution in [0.3, 0.4) is 0 Å². The van der Waals surface area contributed by atoms with Crippen molar-refractivity contribution in [2.24, 2.45) is 0 Å². The molecule has 2 aromatic carbocycles. The molecule has 0 atom stereocenters. The number of carbonyl (C=O) groups is 1. The third kappa shape index (κ3) is 6.42. The first-order chi connectivity index (χ1) is 14.0. The van der Waals surface area contributed by atoms with Crippen molar-refractivity contribution in [2.45, 2.75) is 44.7 Å². The highest BCUT2D eigenvalue weighted by molar-refractivity contribution is 7.92. The Labute approximate surface area is 182 Å². The first-order valence-corrected chi connectivity index (χ1v) is 11.5. The molecule has 1 amide bonds. The molecule has 0 aliphatic carbocycles. The Bertz CT molecular complexity index is 971. The lowest BCUT2D eigenvalue weighted by Crippen LogP contribution is -2.42. The van der Waals surface area contributed by atoms with Crippen LogP contribution in [0.5, 0.6) is 0 Å². The van der Waals surface area contributed by atoms with Crippen LogP contribution in [0.15, 0.2) is 47.4 Å². The predicted octanol–water partition coefficient (Wildman–Crippen LogP) is 4.13. The number of rotatable bonds is 9. The molecule has 0 fully saturated rings. The van der Waals surface area contributed by atoms with Crippen LogP contribution in [0.1, 0.15) is 38.1 Å². The molecule has 164 valence electrons. The molecule has 2 aromatic rings. The van der Waals surface area contributed by atoms with Gasteiger partial charge in [-0.15, -0.1) is 0 Å². The normalized spacial score (nSPS) is 11.9. The van der Waals surface area contributed by atoms with E-state index in [1.54, 1.807) is 0 Å². The maximum atomic E-state index is 13.1. The number of sulfonamides is 1. The fourth-order valence-electron chi connectivity index (χ4n) is 3.08. The fraction of sp³-hybridized carbons (Fsp3) is 0.381. The number of hydrogen-bond acceptors (Lipinski definition) is 4. The Hall–Kier alpha value is -2.16. The highest BCUT2D eigenvalue weighted by Crippen LogP contribution is 2.26. The van der Waals surface area contributed by atoms with Crippen LogP contribution in [0.25, 0.3) is 0 Å². The standard InChI is InChI=1S/C21H27ClFN3O3S/c1-14(2)26(15(3)4)12-11-24-21(27)16-5-10-19(22)20(13-16)25-30(28,29)18-8-6-17(23)7-9-18/h5-10,13-15,25H,11-12H2,1-4H3,(H,24,27). The average molecular weight is 456 g/mol. The minimum absolute atomic E-state index is 0.0691. The molecular formula is C21H27ClFN3O3S. The monoisotopic (exact) mass is 455 g/mol. The van der Waals surface area contributed by atoms with Gasteiger partial charge in [0.2, 0.25) is 0 Å². The molecule has 0 aliphatic rings. The van der Waals surface area contributed by atoms with Gasteiger partial charge in [0.1, 0.15) is 5.82 Å². The highest BCUT2D eigenvalue weighted by atomic mass is 35.5. The molecule has 0 aliphatic heterocycles. The summed E-state index contributed by atoms with van der Waals surface area (Å²) in [5, 5.41) is 2.99. The van der Waals surface area contributed by atoms with Crippen LogP contribution < -0.4 is 10.0 Å². The van der Waals surface area contributed by atoms with E-state index in [-0.39, 0.29) is 27.1 Å². The molecule has 30 heavy (non-hydrogen) atoms. The van der Waals surface area contributed by atoms with Crippen molar-refractivity contribution in [3.8, 4) is 0 Å². The first-order valence-electron chi connectivity index (χ1n) is 9.63. The lowest BCUT2D eigenvalue weighted by atomic mass is 10.2. The van der Waals surface area contributed by atoms with Crippen molar-refractivity contribution < 1.29 is 17.6 Å². The Kier molecular flexibility index (Phi) is 8.23. The topological polar surface area (TPSA) is 78.5 Å². The van der Waals surface area contributed by atoms with E-state index in [0.29, 0.717) is 25.2 Å². The number of halogens is 2. The van der Waals surface area contributed by atoms with Crippen molar-refractivity contribution >= 4 is 33.2 Å². The Morgan fingerprint density at radius 2 is 1.67 bits per heavy atom. The van der Waals surface area contributed by atoms with Gasteiger partial charge >= 0.3 is 0 Å². The van der Waals surface area contributed by atoms with Crippen molar-refractivity contribution in [2.75, 3.05) is 17.8 Å². The summed E-state index contributed by atoms with van der Waals surface area (Å²) in [6.07, 6.45) is 0. The van der Waals surface area contributed by atoms with E-state index in [4.69, 9.17) is 11.6 Å². The molecule has 0 radical (unpaired) electrons. The van der Waals surface area contributed by atoms with Crippen LogP contribution >= 0.6 is 11.6 Å². The van der Waals surface area contributed by atoms with E-state index in [0.717, 1.165) is 24.3 Å². The highest BCUT2D eigenvalue weighted by Gasteiger charge is 2.18. The summed E-state index contributed by atoms with van der Waals surface area (Å²) < 4.78 is 40.5. The van der Waals surface area contributed by atoms with Gasteiger partial charge in [-0.1, -0.05) is 11.6 Å². The zero-order valence-electron chi connectivity index (χ0n) is 17.4. The minimum atomic E-state index is -3.98. The van der Waals surface area contributed by atoms with Gasteiger partial charge in [0.25, 0.3) is 15.9 Å². The maximum absolute atomic E-state index is 13.1. The van der Waals surface area contributed by atoms with Crippen LogP contribution in [0, 0.1) is 5.82 Å². The number of nitrogens with zero attached hydrogens (tertiary/aromatic N) is 1. The molecule has 2 N–H and O–H groups in total. The van der Waals surface area contributed by atoms with Gasteiger partial charge in [-0.2, -0.15) is 0 Å². The second-order valence-corrected chi connectivity index (χ2v) is 9.52. The Morgan fingerprint density at radius 1 is 1.07 bits per heavy atom. The first kappa shape index (κ1) is 24.1. The number of nitrogens with one attached hydrogen (secondary N) is 2. The number of carbonyl (C=O) groups excluding carboxylic acids is 1. The summed E-state index contributed by atoms with van der Waals surface area (Å²) in [7, 11) is -3.98. The Balaban J connectivity index is 2.10. The summed E-state index contributed by atoms with van der Waals surface area (Å²) in [6.45, 7) is 9.54. The molecule has 0 aromatic heterocycles. The van der Waals surface area contributed by atoms with Gasteiger partial charge in [0, 0.05) is 30.7 Å². The molecule has 0 unspecified atom stereocenters. The quantitative estimate of drug-likeness (QED) is 0.596. The predicted molar refractivity (Wildman–Crippen MR) is 118 cm³/mol. The van der Waals surface area contributed by atoms with Crippen LogP contribution in [0.2, 0.25) is 5.02 Å². The van der Waals surface area contributed by atoms with Crippen LogP contribution in [-0.4, -0.2) is 44.4 Å². The molecule has 0 saturated carbocycles. The van der Waals surface area contributed by atoms with Crippen molar-refractivity contribution in [3.63, 3.8) is 0 Å². The molecule has 0 spiro atoms. The second kappa shape index (κ2) is 10.2. The van der Waals surface area contributed by atoms with Crippen LogP contribution in [-0.2, 0) is 10.0 Å². The second-order valence-electron chi connectivity index (χ2n) is 7.44. The summed E-state index contributed by atoms with van der Waals surface area (Å²) in [4.78, 5) is 14.7.